The molecular formula is C19H22N4O3. The highest BCUT2D eigenvalue weighted by Gasteiger charge is 2.18. The van der Waals surface area contributed by atoms with Crippen LogP contribution in [0, 0.1) is 5.92 Å². The fourth-order valence-electron chi connectivity index (χ4n) is 3.16. The van der Waals surface area contributed by atoms with E-state index in [-0.39, 0.29) is 12.7 Å². The number of benzene rings is 1. The summed E-state index contributed by atoms with van der Waals surface area (Å²) in [6.45, 7) is 4.89. The molecule has 4 rings (SSSR count). The van der Waals surface area contributed by atoms with Crippen molar-refractivity contribution in [1.29, 1.82) is 0 Å². The average molecular weight is 354 g/mol. The Balaban J connectivity index is 1.34. The van der Waals surface area contributed by atoms with Crippen molar-refractivity contribution in [3.05, 3.63) is 41.9 Å². The van der Waals surface area contributed by atoms with Crippen molar-refractivity contribution in [3.63, 3.8) is 0 Å². The summed E-state index contributed by atoms with van der Waals surface area (Å²) in [4.78, 5) is 23.2. The first-order chi connectivity index (χ1) is 12.7. The van der Waals surface area contributed by atoms with Gasteiger partial charge in [-0.3, -0.25) is 4.79 Å². The normalized spacial score (nSPS) is 16.6. The number of fused-ring (bicyclic) bond motifs is 1. The lowest BCUT2D eigenvalue weighted by Gasteiger charge is -2.30. The zero-order chi connectivity index (χ0) is 17.9. The van der Waals surface area contributed by atoms with E-state index in [1.807, 2.05) is 18.2 Å². The van der Waals surface area contributed by atoms with Crippen LogP contribution in [0.4, 0.5) is 5.82 Å². The molecule has 1 N–H and O–H groups in total. The van der Waals surface area contributed by atoms with Crippen molar-refractivity contribution in [2.75, 3.05) is 24.8 Å². The topological polar surface area (TPSA) is 76.6 Å². The van der Waals surface area contributed by atoms with Crippen molar-refractivity contribution in [3.8, 4) is 11.5 Å². The first-order valence-corrected chi connectivity index (χ1v) is 8.93. The van der Waals surface area contributed by atoms with Gasteiger partial charge in [0.15, 0.2) is 11.5 Å². The van der Waals surface area contributed by atoms with E-state index in [0.717, 1.165) is 36.1 Å². The Hall–Kier alpha value is -2.83. The summed E-state index contributed by atoms with van der Waals surface area (Å²) in [6.07, 6.45) is 5.56. The van der Waals surface area contributed by atoms with E-state index in [9.17, 15) is 4.79 Å². The van der Waals surface area contributed by atoms with Gasteiger partial charge in [0.25, 0.3) is 5.91 Å². The van der Waals surface area contributed by atoms with Gasteiger partial charge < -0.3 is 19.7 Å². The van der Waals surface area contributed by atoms with Crippen LogP contribution in [0.15, 0.2) is 30.6 Å². The van der Waals surface area contributed by atoms with Crippen LogP contribution in [0.2, 0.25) is 0 Å². The molecule has 1 saturated heterocycles. The highest BCUT2D eigenvalue weighted by molar-refractivity contribution is 5.92. The zero-order valence-electron chi connectivity index (χ0n) is 14.8. The number of aromatic nitrogens is 2. The molecule has 2 aliphatic heterocycles. The van der Waals surface area contributed by atoms with E-state index in [1.165, 1.54) is 12.8 Å². The molecule has 0 aliphatic carbocycles. The Kier molecular flexibility index (Phi) is 4.60. The van der Waals surface area contributed by atoms with Gasteiger partial charge >= 0.3 is 0 Å². The number of carbonyl (C=O) groups excluding carboxylic acids is 1. The van der Waals surface area contributed by atoms with Gasteiger partial charge in [-0.15, -0.1) is 0 Å². The standard InChI is InChI=1S/C19H22N4O3/c1-13-4-6-23(7-5-13)18-11-20-15(10-21-18)19(24)22-9-14-2-3-16-17(8-14)26-12-25-16/h2-3,8,10-11,13H,4-7,9,12H2,1H3,(H,22,24). The third-order valence-electron chi connectivity index (χ3n) is 4.87. The number of ether oxygens (including phenoxy) is 2. The number of piperidine rings is 1. The molecule has 0 radical (unpaired) electrons. The van der Waals surface area contributed by atoms with Gasteiger partial charge in [0.05, 0.1) is 12.4 Å². The van der Waals surface area contributed by atoms with Gasteiger partial charge in [-0.2, -0.15) is 0 Å². The Morgan fingerprint density at radius 2 is 2.00 bits per heavy atom. The number of hydrogen-bond acceptors (Lipinski definition) is 6. The van der Waals surface area contributed by atoms with Gasteiger partial charge in [0.1, 0.15) is 11.5 Å². The Bertz CT molecular complexity index is 786. The quantitative estimate of drug-likeness (QED) is 0.908. The number of nitrogens with zero attached hydrogens (tertiary/aromatic N) is 3. The first kappa shape index (κ1) is 16.6. The maximum Gasteiger partial charge on any atom is 0.271 e. The molecular weight excluding hydrogens is 332 g/mol. The summed E-state index contributed by atoms with van der Waals surface area (Å²) in [5.74, 6) is 2.80. The minimum atomic E-state index is -0.242. The van der Waals surface area contributed by atoms with E-state index in [1.54, 1.807) is 12.4 Å². The number of anilines is 1. The van der Waals surface area contributed by atoms with Crippen molar-refractivity contribution in [1.82, 2.24) is 15.3 Å². The summed E-state index contributed by atoms with van der Waals surface area (Å²) in [7, 11) is 0. The van der Waals surface area contributed by atoms with Gasteiger partial charge in [-0.05, 0) is 36.5 Å². The Morgan fingerprint density at radius 3 is 2.77 bits per heavy atom. The minimum absolute atomic E-state index is 0.239. The molecule has 1 fully saturated rings. The Labute approximate surface area is 152 Å². The van der Waals surface area contributed by atoms with Gasteiger partial charge in [0, 0.05) is 19.6 Å². The van der Waals surface area contributed by atoms with Crippen LogP contribution in [-0.2, 0) is 6.54 Å². The van der Waals surface area contributed by atoms with Gasteiger partial charge in [0.2, 0.25) is 6.79 Å². The number of amides is 1. The fourth-order valence-corrected chi connectivity index (χ4v) is 3.16. The molecule has 7 nitrogen and oxygen atoms in total. The molecule has 1 aromatic carbocycles. The highest BCUT2D eigenvalue weighted by atomic mass is 16.7. The summed E-state index contributed by atoms with van der Waals surface area (Å²) < 4.78 is 10.6. The number of rotatable bonds is 4. The summed E-state index contributed by atoms with van der Waals surface area (Å²) in [5.41, 5.74) is 1.26. The monoisotopic (exact) mass is 354 g/mol. The molecule has 1 amide bonds. The van der Waals surface area contributed by atoms with Crippen molar-refractivity contribution >= 4 is 11.7 Å². The van der Waals surface area contributed by atoms with E-state index >= 15 is 0 Å². The zero-order valence-corrected chi connectivity index (χ0v) is 14.8. The molecule has 0 unspecified atom stereocenters. The smallest absolute Gasteiger partial charge is 0.271 e. The van der Waals surface area contributed by atoms with E-state index in [2.05, 4.69) is 27.1 Å². The number of hydrogen-bond donors (Lipinski definition) is 1. The van der Waals surface area contributed by atoms with Crippen LogP contribution in [0.3, 0.4) is 0 Å². The van der Waals surface area contributed by atoms with Gasteiger partial charge in [-0.1, -0.05) is 13.0 Å². The minimum Gasteiger partial charge on any atom is -0.454 e. The maximum absolute atomic E-state index is 12.3. The van der Waals surface area contributed by atoms with Crippen molar-refractivity contribution in [2.45, 2.75) is 26.3 Å². The second-order valence-electron chi connectivity index (χ2n) is 6.80. The molecule has 3 heterocycles. The average Bonchev–Trinajstić information content (AvgIpc) is 3.15. The molecule has 0 bridgehead atoms. The lowest BCUT2D eigenvalue weighted by atomic mass is 9.99. The van der Waals surface area contributed by atoms with E-state index in [4.69, 9.17) is 9.47 Å². The second-order valence-corrected chi connectivity index (χ2v) is 6.80. The second kappa shape index (κ2) is 7.19. The van der Waals surface area contributed by atoms with Crippen LogP contribution < -0.4 is 19.7 Å². The number of nitrogens with one attached hydrogen (secondary N) is 1. The third kappa shape index (κ3) is 3.56. The maximum atomic E-state index is 12.3. The first-order valence-electron chi connectivity index (χ1n) is 8.93. The van der Waals surface area contributed by atoms with Crippen LogP contribution in [0.25, 0.3) is 0 Å². The molecule has 2 aromatic rings. The highest BCUT2D eigenvalue weighted by Crippen LogP contribution is 2.32. The third-order valence-corrected chi connectivity index (χ3v) is 4.87. The molecule has 7 heteroatoms. The molecule has 136 valence electrons. The summed E-state index contributed by atoms with van der Waals surface area (Å²) in [5, 5.41) is 2.86. The largest absolute Gasteiger partial charge is 0.454 e. The van der Waals surface area contributed by atoms with Gasteiger partial charge in [-0.25, -0.2) is 9.97 Å². The lowest BCUT2D eigenvalue weighted by molar-refractivity contribution is 0.0945. The molecule has 2 aliphatic rings. The van der Waals surface area contributed by atoms with E-state index in [0.29, 0.717) is 18.0 Å². The van der Waals surface area contributed by atoms with Crippen LogP contribution in [0.1, 0.15) is 35.8 Å². The molecule has 1 aromatic heterocycles. The van der Waals surface area contributed by atoms with Crippen LogP contribution in [0.5, 0.6) is 11.5 Å². The van der Waals surface area contributed by atoms with Crippen LogP contribution in [-0.4, -0.2) is 35.8 Å². The lowest BCUT2D eigenvalue weighted by Crippen LogP contribution is -2.33. The molecule has 0 spiro atoms. The Morgan fingerprint density at radius 1 is 1.19 bits per heavy atom. The molecule has 0 saturated carbocycles. The summed E-state index contributed by atoms with van der Waals surface area (Å²) >= 11 is 0. The summed E-state index contributed by atoms with van der Waals surface area (Å²) in [6, 6.07) is 5.62. The number of carbonyl (C=O) groups is 1. The molecule has 26 heavy (non-hydrogen) atoms. The van der Waals surface area contributed by atoms with E-state index < -0.39 is 0 Å². The molecule has 0 atom stereocenters. The van der Waals surface area contributed by atoms with Crippen molar-refractivity contribution < 1.29 is 14.3 Å². The fraction of sp³-hybridized carbons (Fsp3) is 0.421. The predicted molar refractivity (Wildman–Crippen MR) is 96.4 cm³/mol. The SMILES string of the molecule is CC1CCN(c2cnc(C(=O)NCc3ccc4c(c3)OCO4)cn2)CC1. The van der Waals surface area contributed by atoms with Crippen LogP contribution >= 0.6 is 0 Å². The predicted octanol–water partition coefficient (Wildman–Crippen LogP) is 2.37. The van der Waals surface area contributed by atoms with Crippen molar-refractivity contribution in [2.24, 2.45) is 5.92 Å².